The second-order valence-electron chi connectivity index (χ2n) is 8.30. The van der Waals surface area contributed by atoms with Gasteiger partial charge in [0, 0.05) is 6.04 Å². The van der Waals surface area contributed by atoms with Gasteiger partial charge in [-0.1, -0.05) is 13.3 Å². The number of aliphatic hydroxyl groups is 1. The Labute approximate surface area is 138 Å². The Morgan fingerprint density at radius 1 is 1.26 bits per heavy atom. The standard InChI is InChI=1S/C18H29NO4/c1-3-4-12(2)19-15(20)10-23-16(21)17-6-13-5-14(7-17)9-18(22,8-13)11-17/h12-14,22H,3-11H2,1-2H3,(H,19,20). The smallest absolute Gasteiger partial charge is 0.312 e. The molecule has 4 bridgehead atoms. The zero-order valence-corrected chi connectivity index (χ0v) is 14.3. The zero-order chi connectivity index (χ0) is 16.7. The van der Waals surface area contributed by atoms with Crippen molar-refractivity contribution in [3.05, 3.63) is 0 Å². The maximum atomic E-state index is 12.6. The monoisotopic (exact) mass is 323 g/mol. The van der Waals surface area contributed by atoms with E-state index in [1.165, 1.54) is 0 Å². The summed E-state index contributed by atoms with van der Waals surface area (Å²) in [6.45, 7) is 3.82. The molecule has 4 aliphatic rings. The minimum atomic E-state index is -0.680. The number of hydrogen-bond donors (Lipinski definition) is 2. The molecule has 0 spiro atoms. The second-order valence-corrected chi connectivity index (χ2v) is 8.30. The van der Waals surface area contributed by atoms with Crippen LogP contribution in [0.1, 0.15) is 65.2 Å². The van der Waals surface area contributed by atoms with E-state index in [0.29, 0.717) is 18.3 Å². The van der Waals surface area contributed by atoms with Crippen molar-refractivity contribution in [3.8, 4) is 0 Å². The van der Waals surface area contributed by atoms with E-state index >= 15 is 0 Å². The van der Waals surface area contributed by atoms with Gasteiger partial charge in [0.1, 0.15) is 0 Å². The summed E-state index contributed by atoms with van der Waals surface area (Å²) >= 11 is 0. The molecule has 0 radical (unpaired) electrons. The normalized spacial score (nSPS) is 39.1. The Kier molecular flexibility index (Phi) is 4.43. The summed E-state index contributed by atoms with van der Waals surface area (Å²) in [4.78, 5) is 24.5. The van der Waals surface area contributed by atoms with Gasteiger partial charge >= 0.3 is 5.97 Å². The molecule has 0 aromatic heterocycles. The van der Waals surface area contributed by atoms with Crippen molar-refractivity contribution >= 4 is 11.9 Å². The van der Waals surface area contributed by atoms with Crippen LogP contribution in [0.5, 0.6) is 0 Å². The van der Waals surface area contributed by atoms with E-state index < -0.39 is 11.0 Å². The second kappa shape index (κ2) is 6.08. The van der Waals surface area contributed by atoms with E-state index in [2.05, 4.69) is 12.2 Å². The molecule has 0 saturated heterocycles. The lowest BCUT2D eigenvalue weighted by Gasteiger charge is -2.58. The van der Waals surface area contributed by atoms with E-state index in [0.717, 1.165) is 44.9 Å². The number of esters is 1. The van der Waals surface area contributed by atoms with Crippen molar-refractivity contribution in [2.24, 2.45) is 17.3 Å². The molecule has 23 heavy (non-hydrogen) atoms. The largest absolute Gasteiger partial charge is 0.455 e. The van der Waals surface area contributed by atoms with Crippen LogP contribution in [0.3, 0.4) is 0 Å². The van der Waals surface area contributed by atoms with Crippen molar-refractivity contribution in [3.63, 3.8) is 0 Å². The van der Waals surface area contributed by atoms with Crippen LogP contribution in [0, 0.1) is 17.3 Å². The Bertz CT molecular complexity index is 475. The number of carbonyl (C=O) groups is 2. The van der Waals surface area contributed by atoms with Gasteiger partial charge in [0.15, 0.2) is 6.61 Å². The van der Waals surface area contributed by atoms with E-state index in [1.807, 2.05) is 6.92 Å². The first-order chi connectivity index (χ1) is 10.8. The highest BCUT2D eigenvalue weighted by atomic mass is 16.5. The lowest BCUT2D eigenvalue weighted by molar-refractivity contribution is -0.196. The van der Waals surface area contributed by atoms with Gasteiger partial charge in [-0.2, -0.15) is 0 Å². The van der Waals surface area contributed by atoms with Gasteiger partial charge in [-0.05, 0) is 63.7 Å². The average molecular weight is 323 g/mol. The number of rotatable bonds is 6. The molecule has 1 amide bonds. The molecular weight excluding hydrogens is 294 g/mol. The van der Waals surface area contributed by atoms with E-state index in [1.54, 1.807) is 0 Å². The maximum absolute atomic E-state index is 12.6. The molecule has 2 N–H and O–H groups in total. The predicted molar refractivity (Wildman–Crippen MR) is 85.5 cm³/mol. The van der Waals surface area contributed by atoms with Crippen molar-refractivity contribution in [2.45, 2.75) is 76.9 Å². The molecule has 130 valence electrons. The van der Waals surface area contributed by atoms with Crippen molar-refractivity contribution in [2.75, 3.05) is 6.61 Å². The molecular formula is C18H29NO4. The summed E-state index contributed by atoms with van der Waals surface area (Å²) in [7, 11) is 0. The van der Waals surface area contributed by atoms with Gasteiger partial charge in [0.2, 0.25) is 0 Å². The molecule has 5 heteroatoms. The molecule has 4 rings (SSSR count). The highest BCUT2D eigenvalue weighted by Gasteiger charge is 2.60. The van der Waals surface area contributed by atoms with Gasteiger partial charge in [-0.15, -0.1) is 0 Å². The summed E-state index contributed by atoms with van der Waals surface area (Å²) in [6, 6.07) is 0.103. The maximum Gasteiger partial charge on any atom is 0.312 e. The first-order valence-electron chi connectivity index (χ1n) is 9.03. The topological polar surface area (TPSA) is 75.6 Å². The molecule has 4 fully saturated rings. The lowest BCUT2D eigenvalue weighted by atomic mass is 9.48. The van der Waals surface area contributed by atoms with Gasteiger partial charge in [0.05, 0.1) is 11.0 Å². The number of hydrogen-bond acceptors (Lipinski definition) is 4. The molecule has 0 aromatic rings. The quantitative estimate of drug-likeness (QED) is 0.735. The summed E-state index contributed by atoms with van der Waals surface area (Å²) < 4.78 is 5.35. The molecule has 3 unspecified atom stereocenters. The number of ether oxygens (including phenoxy) is 1. The van der Waals surface area contributed by atoms with Gasteiger partial charge in [-0.3, -0.25) is 9.59 Å². The van der Waals surface area contributed by atoms with Crippen molar-refractivity contribution in [1.29, 1.82) is 0 Å². The van der Waals surface area contributed by atoms with Crippen LogP contribution in [0.15, 0.2) is 0 Å². The van der Waals surface area contributed by atoms with Gasteiger partial charge < -0.3 is 15.2 Å². The molecule has 4 saturated carbocycles. The first kappa shape index (κ1) is 16.7. The highest BCUT2D eigenvalue weighted by molar-refractivity contribution is 5.83. The molecule has 3 atom stereocenters. The lowest BCUT2D eigenvalue weighted by Crippen LogP contribution is -2.58. The van der Waals surface area contributed by atoms with Crippen molar-refractivity contribution < 1.29 is 19.4 Å². The Hall–Kier alpha value is -1.10. The molecule has 0 heterocycles. The zero-order valence-electron chi connectivity index (χ0n) is 14.3. The number of amides is 1. The third-order valence-corrected chi connectivity index (χ3v) is 5.93. The summed E-state index contributed by atoms with van der Waals surface area (Å²) in [5, 5.41) is 13.5. The van der Waals surface area contributed by atoms with Crippen LogP contribution >= 0.6 is 0 Å². The fourth-order valence-corrected chi connectivity index (χ4v) is 5.56. The third kappa shape index (κ3) is 3.39. The van der Waals surface area contributed by atoms with Gasteiger partial charge in [-0.25, -0.2) is 0 Å². The number of nitrogens with one attached hydrogen (secondary N) is 1. The van der Waals surface area contributed by atoms with Crippen LogP contribution in [-0.4, -0.2) is 35.2 Å². The molecule has 4 aliphatic carbocycles. The van der Waals surface area contributed by atoms with Crippen LogP contribution in [0.4, 0.5) is 0 Å². The SMILES string of the molecule is CCCC(C)NC(=O)COC(=O)C12CC3CC(CC(O)(C3)C1)C2. The minimum Gasteiger partial charge on any atom is -0.455 e. The minimum absolute atomic E-state index is 0.103. The predicted octanol–water partition coefficient (Wildman–Crippen LogP) is 2.17. The van der Waals surface area contributed by atoms with Gasteiger partial charge in [0.25, 0.3) is 5.91 Å². The van der Waals surface area contributed by atoms with Crippen LogP contribution < -0.4 is 5.32 Å². The Balaban J connectivity index is 1.55. The third-order valence-electron chi connectivity index (χ3n) is 5.93. The van der Waals surface area contributed by atoms with Crippen LogP contribution in [0.25, 0.3) is 0 Å². The van der Waals surface area contributed by atoms with Crippen LogP contribution in [0.2, 0.25) is 0 Å². The fourth-order valence-electron chi connectivity index (χ4n) is 5.56. The summed E-state index contributed by atoms with van der Waals surface area (Å²) in [5.41, 5.74) is -1.23. The van der Waals surface area contributed by atoms with E-state index in [-0.39, 0.29) is 24.5 Å². The Morgan fingerprint density at radius 2 is 1.91 bits per heavy atom. The summed E-state index contributed by atoms with van der Waals surface area (Å²) in [6.07, 6.45) is 6.86. The average Bonchev–Trinajstić information content (AvgIpc) is 2.42. The molecule has 5 nitrogen and oxygen atoms in total. The highest BCUT2D eigenvalue weighted by Crippen LogP contribution is 2.61. The summed E-state index contributed by atoms with van der Waals surface area (Å²) in [5.74, 6) is 0.366. The molecule has 0 aromatic carbocycles. The molecule has 0 aliphatic heterocycles. The van der Waals surface area contributed by atoms with Crippen molar-refractivity contribution in [1.82, 2.24) is 5.32 Å². The van der Waals surface area contributed by atoms with E-state index in [4.69, 9.17) is 4.74 Å². The first-order valence-corrected chi connectivity index (χ1v) is 9.03. The fraction of sp³-hybridized carbons (Fsp3) is 0.889. The van der Waals surface area contributed by atoms with Crippen LogP contribution in [-0.2, 0) is 14.3 Å². The van der Waals surface area contributed by atoms with E-state index in [9.17, 15) is 14.7 Å². The number of carbonyl (C=O) groups excluding carboxylic acids is 2. The Morgan fingerprint density at radius 3 is 2.48 bits per heavy atom.